The predicted molar refractivity (Wildman–Crippen MR) is 94.5 cm³/mol. The number of rotatable bonds is 7. The lowest BCUT2D eigenvalue weighted by atomic mass is 10.1. The zero-order chi connectivity index (χ0) is 15.8. The number of nitrogens with zero attached hydrogens (tertiary/aromatic N) is 1. The first-order valence-electron chi connectivity index (χ1n) is 8.11. The van der Waals surface area contributed by atoms with Crippen molar-refractivity contribution in [3.8, 4) is 0 Å². The molecule has 1 atom stereocenters. The second kappa shape index (κ2) is 10.6. The van der Waals surface area contributed by atoms with Crippen molar-refractivity contribution in [2.45, 2.75) is 38.9 Å². The molecular formula is C17H28ClN3O2. The molecule has 0 radical (unpaired) electrons. The van der Waals surface area contributed by atoms with Crippen LogP contribution in [0, 0.1) is 0 Å². The number of amides is 1. The van der Waals surface area contributed by atoms with Crippen molar-refractivity contribution in [2.75, 3.05) is 26.3 Å². The number of nitrogens with one attached hydrogen (secondary N) is 1. The van der Waals surface area contributed by atoms with E-state index in [1.165, 1.54) is 5.56 Å². The fraction of sp³-hybridized carbons (Fsp3) is 0.588. The Morgan fingerprint density at radius 1 is 1.30 bits per heavy atom. The summed E-state index contributed by atoms with van der Waals surface area (Å²) in [5, 5.41) is 2.95. The van der Waals surface area contributed by atoms with E-state index in [1.807, 2.05) is 19.1 Å². The summed E-state index contributed by atoms with van der Waals surface area (Å²) in [6.07, 6.45) is 1.64. The summed E-state index contributed by atoms with van der Waals surface area (Å²) in [6.45, 7) is 6.98. The Balaban J connectivity index is 0.00000264. The maximum Gasteiger partial charge on any atom is 0.237 e. The third-order valence-electron chi connectivity index (χ3n) is 4.01. The molecule has 23 heavy (non-hydrogen) atoms. The number of carbonyl (C=O) groups excluding carboxylic acids is 1. The van der Waals surface area contributed by atoms with Gasteiger partial charge in [-0.2, -0.15) is 0 Å². The summed E-state index contributed by atoms with van der Waals surface area (Å²) in [5.41, 5.74) is 8.26. The highest BCUT2D eigenvalue weighted by atomic mass is 35.5. The second-order valence-corrected chi connectivity index (χ2v) is 5.77. The lowest BCUT2D eigenvalue weighted by Gasteiger charge is -2.27. The average molecular weight is 342 g/mol. The zero-order valence-corrected chi connectivity index (χ0v) is 14.6. The maximum absolute atomic E-state index is 11.9. The van der Waals surface area contributed by atoms with Crippen LogP contribution in [-0.4, -0.2) is 43.2 Å². The van der Waals surface area contributed by atoms with E-state index in [4.69, 9.17) is 10.5 Å². The third-order valence-corrected chi connectivity index (χ3v) is 4.01. The summed E-state index contributed by atoms with van der Waals surface area (Å²) < 4.78 is 5.38. The van der Waals surface area contributed by atoms with Gasteiger partial charge in [0.1, 0.15) is 0 Å². The standard InChI is InChI=1S/C17H27N3O2.ClH/c1-2-5-16(18)17(21)19-12-14-6-3-4-7-15(14)13-20-8-10-22-11-9-20;/h3-4,6-7,16H,2,5,8-13,18H2,1H3,(H,19,21);1H. The molecule has 6 heteroatoms. The summed E-state index contributed by atoms with van der Waals surface area (Å²) in [4.78, 5) is 14.3. The summed E-state index contributed by atoms with van der Waals surface area (Å²) in [5.74, 6) is -0.0666. The third kappa shape index (κ3) is 6.47. The number of morpholine rings is 1. The van der Waals surface area contributed by atoms with Crippen molar-refractivity contribution in [1.29, 1.82) is 0 Å². The molecule has 0 bridgehead atoms. The van der Waals surface area contributed by atoms with Crippen molar-refractivity contribution in [3.05, 3.63) is 35.4 Å². The smallest absolute Gasteiger partial charge is 0.237 e. The fourth-order valence-electron chi connectivity index (χ4n) is 2.64. The molecule has 0 aromatic heterocycles. The molecule has 0 aliphatic carbocycles. The van der Waals surface area contributed by atoms with Crippen molar-refractivity contribution in [3.63, 3.8) is 0 Å². The monoisotopic (exact) mass is 341 g/mol. The van der Waals surface area contributed by atoms with Crippen LogP contribution in [0.3, 0.4) is 0 Å². The van der Waals surface area contributed by atoms with Gasteiger partial charge in [-0.15, -0.1) is 12.4 Å². The average Bonchev–Trinajstić information content (AvgIpc) is 2.55. The lowest BCUT2D eigenvalue weighted by Crippen LogP contribution is -2.40. The van der Waals surface area contributed by atoms with Crippen LogP contribution in [0.4, 0.5) is 0 Å². The maximum atomic E-state index is 11.9. The van der Waals surface area contributed by atoms with Gasteiger partial charge in [-0.1, -0.05) is 37.6 Å². The molecule has 1 fully saturated rings. The summed E-state index contributed by atoms with van der Waals surface area (Å²) in [6, 6.07) is 7.85. The summed E-state index contributed by atoms with van der Waals surface area (Å²) in [7, 11) is 0. The first-order chi connectivity index (χ1) is 10.7. The first-order valence-corrected chi connectivity index (χ1v) is 8.11. The molecule has 2 rings (SSSR count). The molecule has 5 nitrogen and oxygen atoms in total. The Morgan fingerprint density at radius 3 is 2.61 bits per heavy atom. The van der Waals surface area contributed by atoms with Crippen molar-refractivity contribution < 1.29 is 9.53 Å². The minimum Gasteiger partial charge on any atom is -0.379 e. The molecule has 1 aliphatic heterocycles. The first kappa shape index (κ1) is 19.9. The Kier molecular flexibility index (Phi) is 9.17. The highest BCUT2D eigenvalue weighted by Gasteiger charge is 2.14. The zero-order valence-electron chi connectivity index (χ0n) is 13.8. The molecule has 1 unspecified atom stereocenters. The second-order valence-electron chi connectivity index (χ2n) is 5.77. The van der Waals surface area contributed by atoms with Crippen LogP contribution in [0.15, 0.2) is 24.3 Å². The normalized spacial score (nSPS) is 16.4. The Hall–Kier alpha value is -1.14. The number of benzene rings is 1. The molecule has 1 amide bonds. The van der Waals surface area contributed by atoms with Crippen LogP contribution in [0.5, 0.6) is 0 Å². The Labute approximate surface area is 145 Å². The lowest BCUT2D eigenvalue weighted by molar-refractivity contribution is -0.122. The topological polar surface area (TPSA) is 67.6 Å². The van der Waals surface area contributed by atoms with Gasteiger partial charge in [0.25, 0.3) is 0 Å². The predicted octanol–water partition coefficient (Wildman–Crippen LogP) is 1.68. The summed E-state index contributed by atoms with van der Waals surface area (Å²) >= 11 is 0. The van der Waals surface area contributed by atoms with Gasteiger partial charge in [-0.25, -0.2) is 0 Å². The SMILES string of the molecule is CCCC(N)C(=O)NCc1ccccc1CN1CCOCC1.Cl. The largest absolute Gasteiger partial charge is 0.379 e. The number of hydrogen-bond donors (Lipinski definition) is 2. The van der Waals surface area contributed by atoms with Crippen molar-refractivity contribution >= 4 is 18.3 Å². The minimum atomic E-state index is -0.406. The van der Waals surface area contributed by atoms with Crippen LogP contribution in [-0.2, 0) is 22.6 Å². The van der Waals surface area contributed by atoms with Crippen LogP contribution in [0.25, 0.3) is 0 Å². The minimum absolute atomic E-state index is 0. The number of hydrogen-bond acceptors (Lipinski definition) is 4. The quantitative estimate of drug-likeness (QED) is 0.792. The number of carbonyl (C=O) groups is 1. The Morgan fingerprint density at radius 2 is 1.96 bits per heavy atom. The van der Waals surface area contributed by atoms with Gasteiger partial charge in [0.05, 0.1) is 19.3 Å². The molecule has 1 saturated heterocycles. The van der Waals surface area contributed by atoms with E-state index in [1.54, 1.807) is 0 Å². The molecule has 1 aromatic carbocycles. The van der Waals surface area contributed by atoms with Crippen molar-refractivity contribution in [2.24, 2.45) is 5.73 Å². The van der Waals surface area contributed by atoms with Gasteiger partial charge in [-0.05, 0) is 17.5 Å². The molecule has 0 saturated carbocycles. The van der Waals surface area contributed by atoms with E-state index in [-0.39, 0.29) is 18.3 Å². The number of nitrogens with two attached hydrogens (primary N) is 1. The molecule has 1 aliphatic rings. The van der Waals surface area contributed by atoms with Gasteiger partial charge in [0.2, 0.25) is 5.91 Å². The molecule has 0 spiro atoms. The molecule has 1 heterocycles. The van der Waals surface area contributed by atoms with E-state index in [0.717, 1.165) is 51.3 Å². The van der Waals surface area contributed by atoms with E-state index in [2.05, 4.69) is 22.3 Å². The van der Waals surface area contributed by atoms with Crippen LogP contribution < -0.4 is 11.1 Å². The van der Waals surface area contributed by atoms with E-state index < -0.39 is 6.04 Å². The molecule has 3 N–H and O–H groups in total. The highest BCUT2D eigenvalue weighted by molar-refractivity contribution is 5.85. The molecule has 1 aromatic rings. The highest BCUT2D eigenvalue weighted by Crippen LogP contribution is 2.13. The van der Waals surface area contributed by atoms with Crippen LogP contribution >= 0.6 is 12.4 Å². The van der Waals surface area contributed by atoms with Gasteiger partial charge < -0.3 is 15.8 Å². The van der Waals surface area contributed by atoms with Gasteiger partial charge in [-0.3, -0.25) is 9.69 Å². The number of halogens is 1. The fourth-order valence-corrected chi connectivity index (χ4v) is 2.64. The van der Waals surface area contributed by atoms with E-state index in [0.29, 0.717) is 6.54 Å². The molecule has 130 valence electrons. The van der Waals surface area contributed by atoms with Gasteiger partial charge in [0.15, 0.2) is 0 Å². The van der Waals surface area contributed by atoms with Gasteiger partial charge in [0, 0.05) is 26.2 Å². The molecular weight excluding hydrogens is 314 g/mol. The number of ether oxygens (including phenoxy) is 1. The van der Waals surface area contributed by atoms with Gasteiger partial charge >= 0.3 is 0 Å². The van der Waals surface area contributed by atoms with Crippen LogP contribution in [0.2, 0.25) is 0 Å². The Bertz CT molecular complexity index is 479. The van der Waals surface area contributed by atoms with Crippen LogP contribution in [0.1, 0.15) is 30.9 Å². The van der Waals surface area contributed by atoms with E-state index >= 15 is 0 Å². The van der Waals surface area contributed by atoms with E-state index in [9.17, 15) is 4.79 Å². The van der Waals surface area contributed by atoms with Crippen molar-refractivity contribution in [1.82, 2.24) is 10.2 Å².